The molecule has 3 heterocycles. The van der Waals surface area contributed by atoms with E-state index in [1.807, 2.05) is 18.5 Å². The highest BCUT2D eigenvalue weighted by Crippen LogP contribution is 2.43. The van der Waals surface area contributed by atoms with E-state index in [1.165, 1.54) is 5.56 Å². The van der Waals surface area contributed by atoms with Crippen LogP contribution in [0.5, 0.6) is 0 Å². The second-order valence-electron chi connectivity index (χ2n) is 7.31. The summed E-state index contributed by atoms with van der Waals surface area (Å²) in [5, 5.41) is 4.76. The van der Waals surface area contributed by atoms with Gasteiger partial charge in [0, 0.05) is 30.3 Å². The van der Waals surface area contributed by atoms with Gasteiger partial charge in [0.15, 0.2) is 5.82 Å². The van der Waals surface area contributed by atoms with Crippen LogP contribution in [-0.4, -0.2) is 26.3 Å². The fraction of sp³-hybridized carbons (Fsp3) is 0.588. The van der Waals surface area contributed by atoms with Crippen LogP contribution in [0.25, 0.3) is 0 Å². The molecule has 0 amide bonds. The third-order valence-electron chi connectivity index (χ3n) is 4.52. The Morgan fingerprint density at radius 2 is 2.14 bits per heavy atom. The second-order valence-corrected chi connectivity index (χ2v) is 7.31. The van der Waals surface area contributed by atoms with Gasteiger partial charge in [0.2, 0.25) is 0 Å². The van der Waals surface area contributed by atoms with Crippen LogP contribution < -0.4 is 5.73 Å². The van der Waals surface area contributed by atoms with Crippen LogP contribution in [0.1, 0.15) is 69.2 Å². The van der Waals surface area contributed by atoms with Crippen LogP contribution in [0.4, 0.5) is 0 Å². The molecule has 0 radical (unpaired) electrons. The predicted molar refractivity (Wildman–Crippen MR) is 86.8 cm³/mol. The lowest BCUT2D eigenvalue weighted by Crippen LogP contribution is -2.31. The van der Waals surface area contributed by atoms with Gasteiger partial charge in [0.1, 0.15) is 5.82 Å². The molecular weight excluding hydrogens is 274 g/mol. The van der Waals surface area contributed by atoms with Gasteiger partial charge in [-0.15, -0.1) is 0 Å². The van der Waals surface area contributed by atoms with E-state index < -0.39 is 0 Å². The molecule has 1 aliphatic rings. The van der Waals surface area contributed by atoms with Crippen LogP contribution in [-0.2, 0) is 5.41 Å². The average molecular weight is 299 g/mol. The molecule has 0 spiro atoms. The lowest BCUT2D eigenvalue weighted by molar-refractivity contribution is 0.310. The standard InChI is InChI=1S/C17H25N5/c1-11-8-13(12-6-5-7-19-10-12)14(9-18)15-20-16(17(2,3)4)21-22(11)15/h5-7,10-11,13-14H,8-9,18H2,1-4H3. The fourth-order valence-corrected chi connectivity index (χ4v) is 3.28. The second kappa shape index (κ2) is 5.47. The maximum Gasteiger partial charge on any atom is 0.156 e. The van der Waals surface area contributed by atoms with Gasteiger partial charge in [0.05, 0.1) is 6.04 Å². The van der Waals surface area contributed by atoms with E-state index in [0.717, 1.165) is 18.1 Å². The predicted octanol–water partition coefficient (Wildman–Crippen LogP) is 2.76. The summed E-state index contributed by atoms with van der Waals surface area (Å²) < 4.78 is 2.09. The van der Waals surface area contributed by atoms with E-state index in [4.69, 9.17) is 15.8 Å². The lowest BCUT2D eigenvalue weighted by atomic mass is 9.79. The van der Waals surface area contributed by atoms with Crippen molar-refractivity contribution < 1.29 is 0 Å². The molecule has 0 saturated carbocycles. The number of nitrogens with two attached hydrogens (primary N) is 1. The molecular formula is C17H25N5. The van der Waals surface area contributed by atoms with Crippen LogP contribution in [0.2, 0.25) is 0 Å². The van der Waals surface area contributed by atoms with E-state index in [1.54, 1.807) is 0 Å². The summed E-state index contributed by atoms with van der Waals surface area (Å²) in [6.07, 6.45) is 4.79. The van der Waals surface area contributed by atoms with Gasteiger partial charge in [-0.05, 0) is 30.9 Å². The lowest BCUT2D eigenvalue weighted by Gasteiger charge is -2.34. The molecule has 2 N–H and O–H groups in total. The molecule has 0 aliphatic carbocycles. The van der Waals surface area contributed by atoms with Gasteiger partial charge in [-0.25, -0.2) is 9.67 Å². The molecule has 22 heavy (non-hydrogen) atoms. The van der Waals surface area contributed by atoms with Crippen molar-refractivity contribution in [2.75, 3.05) is 6.54 Å². The van der Waals surface area contributed by atoms with Crippen molar-refractivity contribution in [2.24, 2.45) is 5.73 Å². The molecule has 3 rings (SSSR count). The highest BCUT2D eigenvalue weighted by atomic mass is 15.4. The molecule has 3 unspecified atom stereocenters. The highest BCUT2D eigenvalue weighted by molar-refractivity contribution is 5.24. The Balaban J connectivity index is 2.05. The van der Waals surface area contributed by atoms with Crippen LogP contribution in [0.15, 0.2) is 24.5 Å². The van der Waals surface area contributed by atoms with Crippen LogP contribution in [0.3, 0.4) is 0 Å². The van der Waals surface area contributed by atoms with Gasteiger partial charge in [-0.1, -0.05) is 26.8 Å². The molecule has 118 valence electrons. The molecule has 5 nitrogen and oxygen atoms in total. The summed E-state index contributed by atoms with van der Waals surface area (Å²) in [5.74, 6) is 2.49. The average Bonchev–Trinajstić information content (AvgIpc) is 2.94. The third-order valence-corrected chi connectivity index (χ3v) is 4.52. The van der Waals surface area contributed by atoms with Crippen molar-refractivity contribution in [1.82, 2.24) is 19.7 Å². The Morgan fingerprint density at radius 3 is 2.73 bits per heavy atom. The minimum atomic E-state index is -0.0486. The quantitative estimate of drug-likeness (QED) is 0.925. The van der Waals surface area contributed by atoms with E-state index in [9.17, 15) is 0 Å². The molecule has 5 heteroatoms. The Kier molecular flexibility index (Phi) is 3.77. The zero-order valence-corrected chi connectivity index (χ0v) is 13.8. The van der Waals surface area contributed by atoms with Crippen molar-refractivity contribution in [2.45, 2.75) is 57.4 Å². The minimum absolute atomic E-state index is 0.0486. The first-order valence-corrected chi connectivity index (χ1v) is 7.98. The molecule has 0 bridgehead atoms. The number of rotatable bonds is 2. The van der Waals surface area contributed by atoms with Crippen molar-refractivity contribution >= 4 is 0 Å². The summed E-state index contributed by atoms with van der Waals surface area (Å²) in [5.41, 5.74) is 7.31. The maximum atomic E-state index is 6.11. The van der Waals surface area contributed by atoms with Crippen LogP contribution in [0, 0.1) is 0 Å². The van der Waals surface area contributed by atoms with Gasteiger partial charge >= 0.3 is 0 Å². The molecule has 2 aromatic rings. The number of hydrogen-bond acceptors (Lipinski definition) is 4. The van der Waals surface area contributed by atoms with Crippen molar-refractivity contribution in [3.8, 4) is 0 Å². The largest absolute Gasteiger partial charge is 0.330 e. The highest BCUT2D eigenvalue weighted by Gasteiger charge is 2.37. The molecule has 2 aromatic heterocycles. The van der Waals surface area contributed by atoms with E-state index in [0.29, 0.717) is 18.5 Å². The number of aromatic nitrogens is 4. The van der Waals surface area contributed by atoms with E-state index in [2.05, 4.69) is 43.4 Å². The van der Waals surface area contributed by atoms with Crippen molar-refractivity contribution in [1.29, 1.82) is 0 Å². The Morgan fingerprint density at radius 1 is 1.36 bits per heavy atom. The molecule has 0 saturated heterocycles. The molecule has 0 fully saturated rings. The third kappa shape index (κ3) is 2.54. The molecule has 3 atom stereocenters. The molecule has 0 aromatic carbocycles. The van der Waals surface area contributed by atoms with Gasteiger partial charge < -0.3 is 5.73 Å². The van der Waals surface area contributed by atoms with Gasteiger partial charge in [0.25, 0.3) is 0 Å². The Hall–Kier alpha value is -1.75. The summed E-state index contributed by atoms with van der Waals surface area (Å²) in [7, 11) is 0. The first-order chi connectivity index (χ1) is 10.4. The van der Waals surface area contributed by atoms with E-state index >= 15 is 0 Å². The van der Waals surface area contributed by atoms with Crippen molar-refractivity contribution in [3.05, 3.63) is 41.7 Å². The topological polar surface area (TPSA) is 69.6 Å². The van der Waals surface area contributed by atoms with E-state index in [-0.39, 0.29) is 11.3 Å². The summed E-state index contributed by atoms with van der Waals surface area (Å²) in [6.45, 7) is 9.23. The maximum absolute atomic E-state index is 6.11. The zero-order valence-electron chi connectivity index (χ0n) is 13.8. The SMILES string of the molecule is CC1CC(c2cccnc2)C(CN)c2nc(C(C)(C)C)nn21. The zero-order chi connectivity index (χ0) is 15.9. The normalized spacial score (nSPS) is 25.0. The van der Waals surface area contributed by atoms with Gasteiger partial charge in [-0.2, -0.15) is 5.10 Å². The number of fused-ring (bicyclic) bond motifs is 1. The number of nitrogens with zero attached hydrogens (tertiary/aromatic N) is 4. The first-order valence-electron chi connectivity index (χ1n) is 7.98. The smallest absolute Gasteiger partial charge is 0.156 e. The monoisotopic (exact) mass is 299 g/mol. The number of pyridine rings is 1. The van der Waals surface area contributed by atoms with Crippen molar-refractivity contribution in [3.63, 3.8) is 0 Å². The first kappa shape index (κ1) is 15.2. The summed E-state index contributed by atoms with van der Waals surface area (Å²) in [6, 6.07) is 4.46. The Labute approximate surface area is 132 Å². The Bertz CT molecular complexity index is 641. The van der Waals surface area contributed by atoms with Gasteiger partial charge in [-0.3, -0.25) is 4.98 Å². The fourth-order valence-electron chi connectivity index (χ4n) is 3.28. The minimum Gasteiger partial charge on any atom is -0.330 e. The number of hydrogen-bond donors (Lipinski definition) is 1. The summed E-state index contributed by atoms with van der Waals surface area (Å²) in [4.78, 5) is 9.12. The van der Waals surface area contributed by atoms with Crippen LogP contribution >= 0.6 is 0 Å². The summed E-state index contributed by atoms with van der Waals surface area (Å²) >= 11 is 0. The molecule has 1 aliphatic heterocycles.